The van der Waals surface area contributed by atoms with Gasteiger partial charge in [-0.15, -0.1) is 0 Å². The molecule has 0 aliphatic rings. The van der Waals surface area contributed by atoms with Crippen molar-refractivity contribution < 1.29 is 37.3 Å². The Bertz CT molecular complexity index is 1310. The summed E-state index contributed by atoms with van der Waals surface area (Å²) in [7, 11) is 1.17. The van der Waals surface area contributed by atoms with Crippen LogP contribution in [0.25, 0.3) is 0 Å². The fraction of sp³-hybridized carbons (Fsp3) is 0.828. The molecule has 0 fully saturated rings. The molecule has 0 radical (unpaired) electrons. The number of nitrogens with zero attached hydrogens (tertiary/aromatic N) is 1. The second kappa shape index (κ2) is 48.6. The molecule has 0 saturated carbocycles. The van der Waals surface area contributed by atoms with Gasteiger partial charge in [0.15, 0.2) is 0 Å². The number of likely N-dealkylation sites (N-methyl/N-ethyl adjacent to an activating group) is 1. The van der Waals surface area contributed by atoms with Crippen LogP contribution in [0.5, 0.6) is 0 Å². The molecule has 0 aliphatic heterocycles. The zero-order valence-electron chi connectivity index (χ0n) is 45.3. The number of rotatable bonds is 51. The molecule has 1 N–H and O–H groups in total. The topological polar surface area (TPSA) is 114 Å². The molecule has 398 valence electrons. The van der Waals surface area contributed by atoms with Crippen molar-refractivity contribution in [3.05, 3.63) is 48.6 Å². The lowest BCUT2D eigenvalue weighted by atomic mass is 10.0. The Morgan fingerprint density at radius 3 is 1.37 bits per heavy atom. The van der Waals surface area contributed by atoms with Crippen molar-refractivity contribution in [3.63, 3.8) is 0 Å². The number of nitrogens with one attached hydrogen (secondary N) is 1. The average molecular weight is 977 g/mol. The molecule has 0 spiro atoms. The van der Waals surface area contributed by atoms with E-state index in [0.717, 1.165) is 77.0 Å². The standard InChI is InChI=1S/C58H109N2O7P/c1-7-10-13-16-19-22-25-27-29-30-31-33-36-39-42-45-48-51-58(62)67-56(49-46-43-40-37-34-24-21-18-15-12-9-3)55(54-66-68(63,64)65-53-52-60(4,5)6)59-57(61)50-47-44-41-38-35-32-28-26-23-20-17-14-11-8-2/h19,22,27,29,31,33,46,49,55-56H,7-18,20-21,23-26,28,30,32,34-45,47-48,50-54H2,1-6H3,(H-,59,61,63,64)/b22-19-,29-27-,33-31-,49-46+. The monoisotopic (exact) mass is 977 g/mol. The fourth-order valence-electron chi connectivity index (χ4n) is 8.06. The zero-order valence-corrected chi connectivity index (χ0v) is 46.2. The number of amides is 1. The smallest absolute Gasteiger partial charge is 0.306 e. The highest BCUT2D eigenvalue weighted by Crippen LogP contribution is 2.38. The number of carbonyl (C=O) groups excluding carboxylic acids is 2. The average Bonchev–Trinajstić information content (AvgIpc) is 3.29. The van der Waals surface area contributed by atoms with E-state index in [-0.39, 0.29) is 24.9 Å². The van der Waals surface area contributed by atoms with E-state index in [4.69, 9.17) is 13.8 Å². The third-order valence-corrected chi connectivity index (χ3v) is 13.5. The molecule has 0 aliphatic carbocycles. The largest absolute Gasteiger partial charge is 0.756 e. The minimum absolute atomic E-state index is 0.0253. The van der Waals surface area contributed by atoms with Crippen LogP contribution in [0, 0.1) is 0 Å². The van der Waals surface area contributed by atoms with Gasteiger partial charge >= 0.3 is 5.97 Å². The van der Waals surface area contributed by atoms with E-state index >= 15 is 0 Å². The highest BCUT2D eigenvalue weighted by atomic mass is 31.2. The summed E-state index contributed by atoms with van der Waals surface area (Å²) in [5.41, 5.74) is 0. The van der Waals surface area contributed by atoms with E-state index in [1.54, 1.807) is 0 Å². The van der Waals surface area contributed by atoms with Crippen LogP contribution in [0.2, 0.25) is 0 Å². The molecule has 3 unspecified atom stereocenters. The van der Waals surface area contributed by atoms with Crippen LogP contribution < -0.4 is 10.2 Å². The van der Waals surface area contributed by atoms with Gasteiger partial charge in [0.25, 0.3) is 7.82 Å². The molecule has 0 heterocycles. The number of carbonyl (C=O) groups is 2. The van der Waals surface area contributed by atoms with Crippen LogP contribution in [0.4, 0.5) is 0 Å². The molecule has 0 saturated heterocycles. The summed E-state index contributed by atoms with van der Waals surface area (Å²) in [4.78, 5) is 39.8. The van der Waals surface area contributed by atoms with Gasteiger partial charge in [0.1, 0.15) is 19.3 Å². The van der Waals surface area contributed by atoms with E-state index < -0.39 is 26.6 Å². The van der Waals surface area contributed by atoms with Gasteiger partial charge in [0, 0.05) is 12.8 Å². The normalized spacial score (nSPS) is 14.2. The number of phosphoric ester groups is 1. The Morgan fingerprint density at radius 1 is 0.515 bits per heavy atom. The van der Waals surface area contributed by atoms with Gasteiger partial charge in [-0.3, -0.25) is 14.2 Å². The first kappa shape index (κ1) is 66.0. The van der Waals surface area contributed by atoms with Crippen LogP contribution in [0.3, 0.4) is 0 Å². The first-order chi connectivity index (χ1) is 32.9. The van der Waals surface area contributed by atoms with Crippen LogP contribution in [0.1, 0.15) is 258 Å². The van der Waals surface area contributed by atoms with Crippen LogP contribution in [-0.4, -0.2) is 69.4 Å². The molecule has 0 aromatic carbocycles. The first-order valence-electron chi connectivity index (χ1n) is 28.4. The minimum Gasteiger partial charge on any atom is -0.756 e. The number of allylic oxidation sites excluding steroid dienone is 7. The van der Waals surface area contributed by atoms with Gasteiger partial charge in [-0.25, -0.2) is 0 Å². The van der Waals surface area contributed by atoms with Crippen LogP contribution in [0.15, 0.2) is 48.6 Å². The predicted octanol–water partition coefficient (Wildman–Crippen LogP) is 16.3. The van der Waals surface area contributed by atoms with E-state index in [1.165, 1.54) is 141 Å². The number of quaternary nitrogens is 1. The Kier molecular flexibility index (Phi) is 47.1. The van der Waals surface area contributed by atoms with Crippen molar-refractivity contribution in [3.8, 4) is 0 Å². The second-order valence-corrected chi connectivity index (χ2v) is 21.9. The first-order valence-corrected chi connectivity index (χ1v) is 29.9. The van der Waals surface area contributed by atoms with Crippen molar-refractivity contribution in [1.29, 1.82) is 0 Å². The Balaban J connectivity index is 5.36. The maximum absolute atomic E-state index is 13.5. The summed E-state index contributed by atoms with van der Waals surface area (Å²) in [6, 6.07) is -0.893. The third-order valence-electron chi connectivity index (χ3n) is 12.5. The molecule has 0 rings (SSSR count). The van der Waals surface area contributed by atoms with Gasteiger partial charge < -0.3 is 28.5 Å². The van der Waals surface area contributed by atoms with Gasteiger partial charge in [-0.05, 0) is 70.3 Å². The molecule has 9 nitrogen and oxygen atoms in total. The molecule has 0 aromatic rings. The lowest BCUT2D eigenvalue weighted by Crippen LogP contribution is -2.47. The Hall–Kier alpha value is -2.03. The SMILES string of the molecule is CCCCC/C=C\C/C=C\C/C=C\CCCCCCC(=O)OC(/C=C/CCCCCCCCCCC)C(COP(=O)([O-])OCC[N+](C)(C)C)NC(=O)CCCCCCCCCCCCCCCC. The molecular weight excluding hydrogens is 868 g/mol. The molecule has 1 amide bonds. The molecule has 10 heteroatoms. The Morgan fingerprint density at radius 2 is 0.897 bits per heavy atom. The van der Waals surface area contributed by atoms with Crippen molar-refractivity contribution >= 4 is 19.7 Å². The molecule has 68 heavy (non-hydrogen) atoms. The fourth-order valence-corrected chi connectivity index (χ4v) is 8.78. The highest BCUT2D eigenvalue weighted by molar-refractivity contribution is 7.45. The van der Waals surface area contributed by atoms with Gasteiger partial charge in [0.05, 0.1) is 33.8 Å². The van der Waals surface area contributed by atoms with Crippen molar-refractivity contribution in [2.75, 3.05) is 40.9 Å². The minimum atomic E-state index is -4.69. The summed E-state index contributed by atoms with van der Waals surface area (Å²) >= 11 is 0. The van der Waals surface area contributed by atoms with E-state index in [2.05, 4.69) is 62.5 Å². The summed E-state index contributed by atoms with van der Waals surface area (Å²) in [6.07, 6.45) is 57.8. The second-order valence-electron chi connectivity index (χ2n) is 20.4. The Labute approximate surface area is 420 Å². The number of ether oxygens (including phenoxy) is 1. The van der Waals surface area contributed by atoms with Crippen LogP contribution >= 0.6 is 7.82 Å². The number of esters is 1. The van der Waals surface area contributed by atoms with Crippen molar-refractivity contribution in [2.24, 2.45) is 0 Å². The number of hydrogen-bond acceptors (Lipinski definition) is 7. The molecular formula is C58H109N2O7P. The summed E-state index contributed by atoms with van der Waals surface area (Å²) < 4.78 is 30.2. The predicted molar refractivity (Wildman–Crippen MR) is 289 cm³/mol. The van der Waals surface area contributed by atoms with Gasteiger partial charge in [-0.1, -0.05) is 224 Å². The third kappa shape index (κ3) is 49.0. The zero-order chi connectivity index (χ0) is 50.1. The summed E-state index contributed by atoms with van der Waals surface area (Å²) in [5, 5.41) is 3.01. The molecule has 0 aromatic heterocycles. The summed E-state index contributed by atoms with van der Waals surface area (Å²) in [5.74, 6) is -0.561. The molecule has 0 bridgehead atoms. The summed E-state index contributed by atoms with van der Waals surface area (Å²) in [6.45, 7) is 6.80. The highest BCUT2D eigenvalue weighted by Gasteiger charge is 2.27. The van der Waals surface area contributed by atoms with Crippen molar-refractivity contribution in [2.45, 2.75) is 270 Å². The van der Waals surface area contributed by atoms with Gasteiger partial charge in [-0.2, -0.15) is 0 Å². The maximum Gasteiger partial charge on any atom is 0.306 e. The van der Waals surface area contributed by atoms with E-state index in [9.17, 15) is 19.0 Å². The van der Waals surface area contributed by atoms with Gasteiger partial charge in [0.2, 0.25) is 5.91 Å². The van der Waals surface area contributed by atoms with Crippen molar-refractivity contribution in [1.82, 2.24) is 5.32 Å². The quantitative estimate of drug-likeness (QED) is 0.0212. The van der Waals surface area contributed by atoms with Crippen LogP contribution in [-0.2, 0) is 27.9 Å². The number of hydrogen-bond donors (Lipinski definition) is 1. The lowest BCUT2D eigenvalue weighted by Gasteiger charge is -2.30. The van der Waals surface area contributed by atoms with E-state index in [0.29, 0.717) is 23.9 Å². The molecule has 3 atom stereocenters. The lowest BCUT2D eigenvalue weighted by molar-refractivity contribution is -0.870. The van der Waals surface area contributed by atoms with E-state index in [1.807, 2.05) is 33.3 Å². The maximum atomic E-state index is 13.5. The number of phosphoric acid groups is 1. The number of unbranched alkanes of at least 4 members (excludes halogenated alkanes) is 29.